The van der Waals surface area contributed by atoms with Crippen molar-refractivity contribution in [2.24, 2.45) is 0 Å². The van der Waals surface area contributed by atoms with Gasteiger partial charge in [-0.2, -0.15) is 0 Å². The fourth-order valence-electron chi connectivity index (χ4n) is 2.53. The molecule has 2 heterocycles. The predicted molar refractivity (Wildman–Crippen MR) is 82.2 cm³/mol. The highest BCUT2D eigenvalue weighted by atomic mass is 16.5. The maximum Gasteiger partial charge on any atom is 0.254 e. The van der Waals surface area contributed by atoms with Gasteiger partial charge in [0.15, 0.2) is 0 Å². The molecule has 1 unspecified atom stereocenters. The normalized spacial score (nSPS) is 17.3. The second kappa shape index (κ2) is 6.47. The fraction of sp³-hybridized carbons (Fsp3) is 0.294. The molecular weight excluding hydrogens is 280 g/mol. The topological polar surface area (TPSA) is 51.7 Å². The summed E-state index contributed by atoms with van der Waals surface area (Å²) in [4.78, 5) is 18.1. The van der Waals surface area contributed by atoms with E-state index in [4.69, 9.17) is 9.47 Å². The number of benzene rings is 1. The van der Waals surface area contributed by atoms with Gasteiger partial charge in [0, 0.05) is 30.9 Å². The first-order valence-electron chi connectivity index (χ1n) is 7.26. The van der Waals surface area contributed by atoms with Crippen LogP contribution in [-0.4, -0.2) is 42.1 Å². The Morgan fingerprint density at radius 2 is 1.82 bits per heavy atom. The SMILES string of the molecule is COc1ccc(OC2CCN(C(=O)c3ccncc3)C2)cc1. The van der Waals surface area contributed by atoms with Crippen LogP contribution in [0, 0.1) is 0 Å². The summed E-state index contributed by atoms with van der Waals surface area (Å²) in [6.07, 6.45) is 4.13. The van der Waals surface area contributed by atoms with Gasteiger partial charge in [-0.25, -0.2) is 0 Å². The standard InChI is InChI=1S/C17H18N2O3/c1-21-14-2-4-15(5-3-14)22-16-8-11-19(12-16)17(20)13-6-9-18-10-7-13/h2-7,9-10,16H,8,11-12H2,1H3. The first-order valence-corrected chi connectivity index (χ1v) is 7.26. The summed E-state index contributed by atoms with van der Waals surface area (Å²) in [5.41, 5.74) is 0.667. The van der Waals surface area contributed by atoms with E-state index in [9.17, 15) is 4.79 Å². The molecule has 2 aromatic rings. The highest BCUT2D eigenvalue weighted by molar-refractivity contribution is 5.94. The number of rotatable bonds is 4. The minimum atomic E-state index is 0.0270. The van der Waals surface area contributed by atoms with Gasteiger partial charge in [0.2, 0.25) is 0 Å². The number of pyridine rings is 1. The van der Waals surface area contributed by atoms with Gasteiger partial charge in [-0.05, 0) is 36.4 Å². The van der Waals surface area contributed by atoms with E-state index in [0.717, 1.165) is 17.9 Å². The molecular formula is C17H18N2O3. The molecule has 1 amide bonds. The molecule has 5 nitrogen and oxygen atoms in total. The Hall–Kier alpha value is -2.56. The molecule has 0 saturated carbocycles. The van der Waals surface area contributed by atoms with Crippen molar-refractivity contribution in [2.75, 3.05) is 20.2 Å². The minimum Gasteiger partial charge on any atom is -0.497 e. The molecule has 1 saturated heterocycles. The molecule has 1 aliphatic rings. The predicted octanol–water partition coefficient (Wildman–Crippen LogP) is 2.38. The largest absolute Gasteiger partial charge is 0.497 e. The van der Waals surface area contributed by atoms with Gasteiger partial charge < -0.3 is 14.4 Å². The molecule has 3 rings (SSSR count). The molecule has 0 bridgehead atoms. The monoisotopic (exact) mass is 298 g/mol. The molecule has 5 heteroatoms. The van der Waals surface area contributed by atoms with Gasteiger partial charge in [0.05, 0.1) is 13.7 Å². The Bertz CT molecular complexity index is 628. The lowest BCUT2D eigenvalue weighted by Crippen LogP contribution is -2.30. The van der Waals surface area contributed by atoms with E-state index in [1.54, 1.807) is 31.6 Å². The number of likely N-dealkylation sites (tertiary alicyclic amines) is 1. The maximum absolute atomic E-state index is 12.4. The number of hydrogen-bond donors (Lipinski definition) is 0. The molecule has 0 radical (unpaired) electrons. The molecule has 0 N–H and O–H groups in total. The number of carbonyl (C=O) groups is 1. The fourth-order valence-corrected chi connectivity index (χ4v) is 2.53. The molecule has 1 fully saturated rings. The molecule has 22 heavy (non-hydrogen) atoms. The Labute approximate surface area is 129 Å². The van der Waals surface area contributed by atoms with Crippen LogP contribution >= 0.6 is 0 Å². The number of carbonyl (C=O) groups excluding carboxylic acids is 1. The van der Waals surface area contributed by atoms with Crippen LogP contribution in [0.15, 0.2) is 48.8 Å². The van der Waals surface area contributed by atoms with Crippen LogP contribution in [0.1, 0.15) is 16.8 Å². The van der Waals surface area contributed by atoms with Crippen molar-refractivity contribution in [3.05, 3.63) is 54.4 Å². The van der Waals surface area contributed by atoms with Gasteiger partial charge >= 0.3 is 0 Å². The van der Waals surface area contributed by atoms with E-state index in [1.165, 1.54) is 0 Å². The third-order valence-electron chi connectivity index (χ3n) is 3.72. The van der Waals surface area contributed by atoms with Crippen molar-refractivity contribution < 1.29 is 14.3 Å². The third kappa shape index (κ3) is 3.19. The highest BCUT2D eigenvalue weighted by Crippen LogP contribution is 2.22. The number of nitrogens with zero attached hydrogens (tertiary/aromatic N) is 2. The second-order valence-electron chi connectivity index (χ2n) is 5.19. The van der Waals surface area contributed by atoms with Gasteiger partial charge in [0.25, 0.3) is 5.91 Å². The molecule has 0 aliphatic carbocycles. The zero-order valence-corrected chi connectivity index (χ0v) is 12.4. The van der Waals surface area contributed by atoms with Crippen LogP contribution in [-0.2, 0) is 0 Å². The zero-order chi connectivity index (χ0) is 15.4. The first kappa shape index (κ1) is 14.4. The summed E-state index contributed by atoms with van der Waals surface area (Å²) in [6.45, 7) is 1.31. The smallest absolute Gasteiger partial charge is 0.254 e. The average Bonchev–Trinajstić information content (AvgIpc) is 3.04. The number of methoxy groups -OCH3 is 1. The number of ether oxygens (including phenoxy) is 2. The van der Waals surface area contributed by atoms with Crippen LogP contribution in [0.25, 0.3) is 0 Å². The van der Waals surface area contributed by atoms with E-state index in [0.29, 0.717) is 18.7 Å². The summed E-state index contributed by atoms with van der Waals surface area (Å²) in [5, 5.41) is 0. The Morgan fingerprint density at radius 3 is 2.50 bits per heavy atom. The van der Waals surface area contributed by atoms with Crippen molar-refractivity contribution in [1.29, 1.82) is 0 Å². The maximum atomic E-state index is 12.4. The number of amides is 1. The lowest BCUT2D eigenvalue weighted by molar-refractivity contribution is 0.0772. The Morgan fingerprint density at radius 1 is 1.14 bits per heavy atom. The zero-order valence-electron chi connectivity index (χ0n) is 12.4. The van der Waals surface area contributed by atoms with Crippen LogP contribution in [0.4, 0.5) is 0 Å². The highest BCUT2D eigenvalue weighted by Gasteiger charge is 2.28. The molecule has 1 atom stereocenters. The lowest BCUT2D eigenvalue weighted by atomic mass is 10.2. The number of aromatic nitrogens is 1. The number of hydrogen-bond acceptors (Lipinski definition) is 4. The molecule has 0 spiro atoms. The van der Waals surface area contributed by atoms with E-state index >= 15 is 0 Å². The summed E-state index contributed by atoms with van der Waals surface area (Å²) in [6, 6.07) is 11.0. The summed E-state index contributed by atoms with van der Waals surface area (Å²) < 4.78 is 11.1. The van der Waals surface area contributed by atoms with E-state index in [1.807, 2.05) is 29.2 Å². The van der Waals surface area contributed by atoms with Crippen LogP contribution in [0.3, 0.4) is 0 Å². The van der Waals surface area contributed by atoms with E-state index in [2.05, 4.69) is 4.98 Å². The van der Waals surface area contributed by atoms with Gasteiger partial charge in [-0.15, -0.1) is 0 Å². The first-order chi connectivity index (χ1) is 10.8. The minimum absolute atomic E-state index is 0.0270. The molecule has 114 valence electrons. The quantitative estimate of drug-likeness (QED) is 0.869. The third-order valence-corrected chi connectivity index (χ3v) is 3.72. The average molecular weight is 298 g/mol. The molecule has 1 aromatic carbocycles. The summed E-state index contributed by atoms with van der Waals surface area (Å²) >= 11 is 0. The van der Waals surface area contributed by atoms with E-state index < -0.39 is 0 Å². The Kier molecular flexibility index (Phi) is 4.23. The molecule has 1 aromatic heterocycles. The van der Waals surface area contributed by atoms with Crippen molar-refractivity contribution >= 4 is 5.91 Å². The van der Waals surface area contributed by atoms with Gasteiger partial charge in [-0.1, -0.05) is 0 Å². The Balaban J connectivity index is 1.59. The van der Waals surface area contributed by atoms with Crippen LogP contribution in [0.5, 0.6) is 11.5 Å². The second-order valence-corrected chi connectivity index (χ2v) is 5.19. The van der Waals surface area contributed by atoms with Crippen LogP contribution < -0.4 is 9.47 Å². The summed E-state index contributed by atoms with van der Waals surface area (Å²) in [7, 11) is 1.63. The van der Waals surface area contributed by atoms with Crippen molar-refractivity contribution in [3.8, 4) is 11.5 Å². The van der Waals surface area contributed by atoms with Crippen molar-refractivity contribution in [2.45, 2.75) is 12.5 Å². The van der Waals surface area contributed by atoms with E-state index in [-0.39, 0.29) is 12.0 Å². The van der Waals surface area contributed by atoms with Crippen LogP contribution in [0.2, 0.25) is 0 Å². The summed E-state index contributed by atoms with van der Waals surface area (Å²) in [5.74, 6) is 1.63. The lowest BCUT2D eigenvalue weighted by Gasteiger charge is -2.17. The van der Waals surface area contributed by atoms with Crippen molar-refractivity contribution in [3.63, 3.8) is 0 Å². The van der Waals surface area contributed by atoms with Gasteiger partial charge in [-0.3, -0.25) is 9.78 Å². The molecule has 1 aliphatic heterocycles. The van der Waals surface area contributed by atoms with Gasteiger partial charge in [0.1, 0.15) is 17.6 Å². The van der Waals surface area contributed by atoms with Crippen molar-refractivity contribution in [1.82, 2.24) is 9.88 Å².